The minimum absolute atomic E-state index is 0.0790. The van der Waals surface area contributed by atoms with E-state index in [9.17, 15) is 4.79 Å². The molecule has 1 aliphatic rings. The third-order valence-electron chi connectivity index (χ3n) is 3.76. The Hall–Kier alpha value is -1.53. The van der Waals surface area contributed by atoms with E-state index in [4.69, 9.17) is 10.5 Å². The number of hydrogen-bond donors (Lipinski definition) is 1. The van der Waals surface area contributed by atoms with Crippen LogP contribution in [0.4, 0.5) is 10.7 Å². The van der Waals surface area contributed by atoms with Crippen LogP contribution in [0.25, 0.3) is 0 Å². The van der Waals surface area contributed by atoms with Crippen molar-refractivity contribution >= 4 is 39.1 Å². The molecule has 0 aliphatic carbocycles. The Morgan fingerprint density at radius 3 is 3.05 bits per heavy atom. The zero-order valence-electron chi connectivity index (χ0n) is 12.1. The summed E-state index contributed by atoms with van der Waals surface area (Å²) in [4.78, 5) is 16.4. The van der Waals surface area contributed by atoms with Gasteiger partial charge in [0.25, 0.3) is 0 Å². The number of nitrogens with zero attached hydrogens (tertiary/aromatic N) is 1. The number of anilines is 2. The quantitative estimate of drug-likeness (QED) is 0.875. The van der Waals surface area contributed by atoms with Crippen LogP contribution in [0.5, 0.6) is 5.75 Å². The fourth-order valence-corrected chi connectivity index (χ4v) is 4.73. The van der Waals surface area contributed by atoms with Crippen molar-refractivity contribution in [2.45, 2.75) is 26.3 Å². The zero-order valence-corrected chi connectivity index (χ0v) is 13.8. The van der Waals surface area contributed by atoms with Crippen molar-refractivity contribution in [3.63, 3.8) is 0 Å². The first-order valence-corrected chi connectivity index (χ1v) is 8.65. The summed E-state index contributed by atoms with van der Waals surface area (Å²) in [7, 11) is 1.61. The minimum Gasteiger partial charge on any atom is -0.492 e. The number of ketones is 1. The molecule has 0 amide bonds. The van der Waals surface area contributed by atoms with E-state index < -0.39 is 0 Å². The maximum absolute atomic E-state index is 12.0. The zero-order chi connectivity index (χ0) is 15.0. The van der Waals surface area contributed by atoms with Gasteiger partial charge < -0.3 is 15.4 Å². The molecule has 2 N–H and O–H groups in total. The van der Waals surface area contributed by atoms with Crippen molar-refractivity contribution in [2.75, 3.05) is 24.3 Å². The monoisotopic (exact) mass is 322 g/mol. The predicted molar refractivity (Wildman–Crippen MR) is 89.0 cm³/mol. The molecule has 0 saturated heterocycles. The maximum atomic E-state index is 12.0. The lowest BCUT2D eigenvalue weighted by atomic mass is 10.1. The van der Waals surface area contributed by atoms with Gasteiger partial charge >= 0.3 is 0 Å². The van der Waals surface area contributed by atoms with Gasteiger partial charge in [-0.2, -0.15) is 0 Å². The fraction of sp³-hybridized carbons (Fsp3) is 0.400. The number of nitrogen functional groups attached to an aromatic ring is 1. The number of ether oxygens (including phenoxy) is 1. The third-order valence-corrected chi connectivity index (χ3v) is 6.07. The SMILES string of the molecule is CCC(=O)c1sc(N2CCc3sccc3C2)c(OC)c1N. The molecule has 1 aliphatic heterocycles. The van der Waals surface area contributed by atoms with Crippen LogP contribution in [0.15, 0.2) is 11.4 Å². The van der Waals surface area contributed by atoms with Crippen molar-refractivity contribution in [2.24, 2.45) is 0 Å². The van der Waals surface area contributed by atoms with Gasteiger partial charge in [0.2, 0.25) is 0 Å². The van der Waals surface area contributed by atoms with Crippen LogP contribution in [-0.2, 0) is 13.0 Å². The van der Waals surface area contributed by atoms with Gasteiger partial charge in [-0.05, 0) is 23.4 Å². The van der Waals surface area contributed by atoms with E-state index in [0.29, 0.717) is 22.7 Å². The van der Waals surface area contributed by atoms with E-state index in [0.717, 1.165) is 24.5 Å². The van der Waals surface area contributed by atoms with Crippen LogP contribution < -0.4 is 15.4 Å². The highest BCUT2D eigenvalue weighted by molar-refractivity contribution is 7.19. The topological polar surface area (TPSA) is 55.6 Å². The number of hydrogen-bond acceptors (Lipinski definition) is 6. The summed E-state index contributed by atoms with van der Waals surface area (Å²) >= 11 is 3.27. The standard InChI is InChI=1S/C15H18N2O2S2/c1-3-10(18)14-12(16)13(19-2)15(21-14)17-6-4-11-9(8-17)5-7-20-11/h5,7H,3-4,6,8,16H2,1-2H3. The van der Waals surface area contributed by atoms with Crippen molar-refractivity contribution in [3.8, 4) is 5.75 Å². The molecule has 3 rings (SSSR count). The lowest BCUT2D eigenvalue weighted by molar-refractivity contribution is 0.0992. The number of fused-ring (bicyclic) bond motifs is 1. The van der Waals surface area contributed by atoms with Gasteiger partial charge in [0, 0.05) is 24.4 Å². The van der Waals surface area contributed by atoms with E-state index in [1.54, 1.807) is 7.11 Å². The Morgan fingerprint density at radius 2 is 2.33 bits per heavy atom. The molecule has 2 aromatic heterocycles. The third kappa shape index (κ3) is 2.42. The van der Waals surface area contributed by atoms with Crippen LogP contribution >= 0.6 is 22.7 Å². The molecular weight excluding hydrogens is 304 g/mol. The molecule has 21 heavy (non-hydrogen) atoms. The first kappa shape index (κ1) is 14.4. The molecule has 2 aromatic rings. The van der Waals surface area contributed by atoms with E-state index in [-0.39, 0.29) is 5.78 Å². The number of rotatable bonds is 4. The predicted octanol–water partition coefficient (Wildman–Crippen LogP) is 3.56. The van der Waals surface area contributed by atoms with E-state index in [1.165, 1.54) is 21.8 Å². The lowest BCUT2D eigenvalue weighted by Gasteiger charge is -2.28. The molecule has 0 fully saturated rings. The van der Waals surface area contributed by atoms with Crippen LogP contribution in [0.1, 0.15) is 33.5 Å². The summed E-state index contributed by atoms with van der Waals surface area (Å²) in [6.07, 6.45) is 1.49. The number of thiophene rings is 2. The Morgan fingerprint density at radius 1 is 1.52 bits per heavy atom. The second kappa shape index (κ2) is 5.69. The molecule has 112 valence electrons. The summed E-state index contributed by atoms with van der Waals surface area (Å²) < 4.78 is 5.47. The average Bonchev–Trinajstić information content (AvgIpc) is 3.09. The molecule has 0 unspecified atom stereocenters. The van der Waals surface area contributed by atoms with Gasteiger partial charge in [0.1, 0.15) is 5.00 Å². The van der Waals surface area contributed by atoms with Gasteiger partial charge in [0.05, 0.1) is 17.7 Å². The molecular formula is C15H18N2O2S2. The van der Waals surface area contributed by atoms with E-state index >= 15 is 0 Å². The average molecular weight is 322 g/mol. The summed E-state index contributed by atoms with van der Waals surface area (Å²) in [5.41, 5.74) is 7.96. The number of carbonyl (C=O) groups excluding carboxylic acids is 1. The molecule has 0 radical (unpaired) electrons. The molecule has 0 atom stereocenters. The Kier molecular flexibility index (Phi) is 3.91. The van der Waals surface area contributed by atoms with Crippen molar-refractivity contribution in [1.29, 1.82) is 0 Å². The number of nitrogens with two attached hydrogens (primary N) is 1. The maximum Gasteiger partial charge on any atom is 0.177 e. The molecule has 0 spiro atoms. The first-order valence-electron chi connectivity index (χ1n) is 6.95. The minimum atomic E-state index is 0.0790. The molecule has 0 bridgehead atoms. The number of Topliss-reactive ketones (excluding diaryl/α,β-unsaturated/α-hetero) is 1. The van der Waals surface area contributed by atoms with Gasteiger partial charge in [-0.1, -0.05) is 6.92 Å². The molecule has 0 saturated carbocycles. The normalized spacial score (nSPS) is 14.1. The summed E-state index contributed by atoms with van der Waals surface area (Å²) in [5.74, 6) is 0.728. The van der Waals surface area contributed by atoms with E-state index in [1.807, 2.05) is 18.3 Å². The summed E-state index contributed by atoms with van der Waals surface area (Å²) in [6.45, 7) is 3.64. The Bertz CT molecular complexity index is 675. The lowest BCUT2D eigenvalue weighted by Crippen LogP contribution is -2.28. The molecule has 4 nitrogen and oxygen atoms in total. The second-order valence-electron chi connectivity index (χ2n) is 5.00. The Balaban J connectivity index is 1.97. The highest BCUT2D eigenvalue weighted by Gasteiger charge is 2.27. The molecule has 6 heteroatoms. The number of methoxy groups -OCH3 is 1. The second-order valence-corrected chi connectivity index (χ2v) is 7.00. The smallest absolute Gasteiger partial charge is 0.177 e. The molecule has 0 aromatic carbocycles. The van der Waals surface area contributed by atoms with E-state index in [2.05, 4.69) is 16.3 Å². The summed E-state index contributed by atoms with van der Waals surface area (Å²) in [5, 5.41) is 3.11. The van der Waals surface area contributed by atoms with Gasteiger partial charge in [-0.25, -0.2) is 0 Å². The molecule has 3 heterocycles. The van der Waals surface area contributed by atoms with Crippen molar-refractivity contribution < 1.29 is 9.53 Å². The van der Waals surface area contributed by atoms with Crippen LogP contribution in [0, 0.1) is 0 Å². The van der Waals surface area contributed by atoms with Crippen LogP contribution in [-0.4, -0.2) is 19.4 Å². The highest BCUT2D eigenvalue weighted by Crippen LogP contribution is 2.46. The number of carbonyl (C=O) groups is 1. The van der Waals surface area contributed by atoms with Crippen LogP contribution in [0.2, 0.25) is 0 Å². The first-order chi connectivity index (χ1) is 10.2. The largest absolute Gasteiger partial charge is 0.492 e. The van der Waals surface area contributed by atoms with Crippen molar-refractivity contribution in [1.82, 2.24) is 0 Å². The van der Waals surface area contributed by atoms with Crippen LogP contribution in [0.3, 0.4) is 0 Å². The fourth-order valence-electron chi connectivity index (χ4n) is 2.61. The summed E-state index contributed by atoms with van der Waals surface area (Å²) in [6, 6.07) is 2.17. The Labute approximate surface area is 132 Å². The van der Waals surface area contributed by atoms with Gasteiger partial charge in [0.15, 0.2) is 11.5 Å². The van der Waals surface area contributed by atoms with Gasteiger partial charge in [-0.3, -0.25) is 4.79 Å². The highest BCUT2D eigenvalue weighted by atomic mass is 32.1. The van der Waals surface area contributed by atoms with Gasteiger partial charge in [-0.15, -0.1) is 22.7 Å². The van der Waals surface area contributed by atoms with Crippen molar-refractivity contribution in [3.05, 3.63) is 26.8 Å².